The normalized spacial score (nSPS) is 31.6. The second-order valence-electron chi connectivity index (χ2n) is 8.86. The van der Waals surface area contributed by atoms with Crippen LogP contribution >= 0.6 is 0 Å². The molecule has 1 spiro atoms. The number of carbonyl (C=O) groups excluding carboxylic acids is 1. The molecule has 2 saturated heterocycles. The Balaban J connectivity index is 1.50. The van der Waals surface area contributed by atoms with Gasteiger partial charge in [-0.1, -0.05) is 48.5 Å². The van der Waals surface area contributed by atoms with Crippen molar-refractivity contribution in [2.75, 3.05) is 25.6 Å². The van der Waals surface area contributed by atoms with Gasteiger partial charge in [0.05, 0.1) is 30.8 Å². The van der Waals surface area contributed by atoms with Crippen LogP contribution in [-0.4, -0.2) is 43.3 Å². The van der Waals surface area contributed by atoms with Gasteiger partial charge in [-0.15, -0.1) is 0 Å². The van der Waals surface area contributed by atoms with Gasteiger partial charge in [0, 0.05) is 36.4 Å². The first-order valence-electron chi connectivity index (χ1n) is 10.8. The summed E-state index contributed by atoms with van der Waals surface area (Å²) >= 11 is 0. The van der Waals surface area contributed by atoms with Gasteiger partial charge in [0.15, 0.2) is 0 Å². The summed E-state index contributed by atoms with van der Waals surface area (Å²) in [6.45, 7) is 2.66. The summed E-state index contributed by atoms with van der Waals surface area (Å²) < 4.78 is 11.0. The third kappa shape index (κ3) is 2.52. The van der Waals surface area contributed by atoms with Gasteiger partial charge in [0.25, 0.3) is 0 Å². The van der Waals surface area contributed by atoms with Gasteiger partial charge in [0.2, 0.25) is 0 Å². The lowest BCUT2D eigenvalue weighted by Crippen LogP contribution is -2.49. The number of nitrogens with one attached hydrogen (secondary N) is 1. The number of benzene rings is 2. The molecule has 2 aromatic carbocycles. The molecule has 2 aromatic rings. The highest BCUT2D eigenvalue weighted by molar-refractivity contribution is 5.93. The van der Waals surface area contributed by atoms with Gasteiger partial charge in [-0.2, -0.15) is 0 Å². The average Bonchev–Trinajstić information content (AvgIpc) is 3.49. The smallest absolute Gasteiger partial charge is 0.335 e. The fourth-order valence-corrected chi connectivity index (χ4v) is 6.12. The minimum Gasteiger partial charge on any atom is -0.466 e. The number of fused-ring (bicyclic) bond motifs is 1. The molecule has 0 amide bonds. The highest BCUT2D eigenvalue weighted by Crippen LogP contribution is 2.59. The molecule has 0 radical (unpaired) electrons. The van der Waals surface area contributed by atoms with Gasteiger partial charge in [0.1, 0.15) is 0 Å². The Morgan fingerprint density at radius 2 is 1.97 bits per heavy atom. The van der Waals surface area contributed by atoms with Crippen molar-refractivity contribution in [3.8, 4) is 0 Å². The lowest BCUT2D eigenvalue weighted by atomic mass is 9.64. The van der Waals surface area contributed by atoms with Crippen LogP contribution in [0.4, 0.5) is 5.69 Å². The van der Waals surface area contributed by atoms with Crippen molar-refractivity contribution < 1.29 is 14.3 Å². The van der Waals surface area contributed by atoms with Gasteiger partial charge in [-0.05, 0) is 30.0 Å². The Hall–Kier alpha value is -2.63. The maximum atomic E-state index is 13.0. The van der Waals surface area contributed by atoms with E-state index in [9.17, 15) is 4.79 Å². The van der Waals surface area contributed by atoms with Crippen molar-refractivity contribution >= 4 is 11.7 Å². The number of carbonyl (C=O) groups is 1. The predicted octanol–water partition coefficient (Wildman–Crippen LogP) is 3.47. The quantitative estimate of drug-likeness (QED) is 0.627. The maximum Gasteiger partial charge on any atom is 0.335 e. The van der Waals surface area contributed by atoms with Gasteiger partial charge < -0.3 is 14.8 Å². The molecule has 1 N–H and O–H groups in total. The van der Waals surface area contributed by atoms with Gasteiger partial charge in [-0.3, -0.25) is 4.90 Å². The second kappa shape index (κ2) is 6.69. The van der Waals surface area contributed by atoms with Crippen LogP contribution in [0, 0.1) is 5.92 Å². The van der Waals surface area contributed by atoms with E-state index in [1.54, 1.807) is 0 Å². The molecule has 0 bridgehead atoms. The first kappa shape index (κ1) is 18.2. The number of hydrogen-bond donors (Lipinski definition) is 1. The van der Waals surface area contributed by atoms with E-state index in [4.69, 9.17) is 9.47 Å². The number of para-hydroxylation sites is 1. The van der Waals surface area contributed by atoms with E-state index in [0.29, 0.717) is 6.04 Å². The van der Waals surface area contributed by atoms with Crippen molar-refractivity contribution in [3.05, 3.63) is 77.0 Å². The molecular formula is C25H26N2O3. The molecule has 3 heterocycles. The molecule has 2 fully saturated rings. The monoisotopic (exact) mass is 402 g/mol. The molecule has 0 aromatic heterocycles. The number of methoxy groups -OCH3 is 1. The molecule has 0 unspecified atom stereocenters. The summed E-state index contributed by atoms with van der Waals surface area (Å²) in [5, 5.41) is 3.66. The van der Waals surface area contributed by atoms with Crippen LogP contribution in [0.1, 0.15) is 24.0 Å². The van der Waals surface area contributed by atoms with Crippen molar-refractivity contribution in [2.24, 2.45) is 5.92 Å². The first-order chi connectivity index (χ1) is 14.7. The van der Waals surface area contributed by atoms with Crippen LogP contribution in [-0.2, 0) is 26.2 Å². The highest BCUT2D eigenvalue weighted by Gasteiger charge is 2.61. The Morgan fingerprint density at radius 3 is 2.73 bits per heavy atom. The molecule has 1 aliphatic carbocycles. The molecule has 6 rings (SSSR count). The van der Waals surface area contributed by atoms with E-state index in [1.165, 1.54) is 18.2 Å². The van der Waals surface area contributed by atoms with Crippen LogP contribution in [0.25, 0.3) is 0 Å². The minimum absolute atomic E-state index is 0.0729. The molecule has 0 saturated carbocycles. The standard InChI is InChI=1S/C25H26N2O3/c1-29-24(28)22-17(20-15-30-20)13-21-25(18-9-5-6-10-19(18)26-23(22)25)11-12-27(21)14-16-7-3-2-4-8-16/h2-10,17,20-21,26H,11-15H2,1H3/t17-,20+,21-,25+/m0/s1. The van der Waals surface area contributed by atoms with E-state index >= 15 is 0 Å². The number of nitrogens with zero attached hydrogens (tertiary/aromatic N) is 1. The SMILES string of the molecule is COC(=O)C1=C2Nc3ccccc3[C@@]23CCN(Cc2ccccc2)[C@H]3C[C@H]1[C@H]1CO1. The Kier molecular flexibility index (Phi) is 4.05. The zero-order valence-electron chi connectivity index (χ0n) is 17.1. The predicted molar refractivity (Wildman–Crippen MR) is 114 cm³/mol. The van der Waals surface area contributed by atoms with Crippen molar-refractivity contribution in [3.63, 3.8) is 0 Å². The number of anilines is 1. The van der Waals surface area contributed by atoms with E-state index in [2.05, 4.69) is 64.8 Å². The molecule has 5 heteroatoms. The summed E-state index contributed by atoms with van der Waals surface area (Å²) in [6.07, 6.45) is 2.04. The lowest BCUT2D eigenvalue weighted by molar-refractivity contribution is -0.137. The van der Waals surface area contributed by atoms with Crippen LogP contribution in [0.2, 0.25) is 0 Å². The van der Waals surface area contributed by atoms with Crippen molar-refractivity contribution in [1.82, 2.24) is 4.90 Å². The van der Waals surface area contributed by atoms with E-state index in [0.717, 1.165) is 49.5 Å². The van der Waals surface area contributed by atoms with Gasteiger partial charge >= 0.3 is 5.97 Å². The molecule has 3 aliphatic heterocycles. The van der Waals surface area contributed by atoms with Crippen molar-refractivity contribution in [1.29, 1.82) is 0 Å². The third-order valence-corrected chi connectivity index (χ3v) is 7.48. The summed E-state index contributed by atoms with van der Waals surface area (Å²) in [6, 6.07) is 19.5. The Labute approximate surface area is 176 Å². The fraction of sp³-hybridized carbons (Fsp3) is 0.400. The highest BCUT2D eigenvalue weighted by atomic mass is 16.6. The minimum atomic E-state index is -0.217. The zero-order chi connectivity index (χ0) is 20.3. The Bertz CT molecular complexity index is 1030. The number of likely N-dealkylation sites (tertiary alicyclic amines) is 1. The van der Waals surface area contributed by atoms with Crippen LogP contribution in [0.15, 0.2) is 65.9 Å². The maximum absolute atomic E-state index is 13.0. The molecule has 4 atom stereocenters. The summed E-state index contributed by atoms with van der Waals surface area (Å²) in [7, 11) is 1.48. The Morgan fingerprint density at radius 1 is 1.20 bits per heavy atom. The number of hydrogen-bond acceptors (Lipinski definition) is 5. The summed E-state index contributed by atoms with van der Waals surface area (Å²) in [5.74, 6) is -0.145. The molecule has 154 valence electrons. The molecule has 4 aliphatic rings. The summed E-state index contributed by atoms with van der Waals surface area (Å²) in [4.78, 5) is 15.6. The van der Waals surface area contributed by atoms with Crippen LogP contribution in [0.3, 0.4) is 0 Å². The van der Waals surface area contributed by atoms with E-state index < -0.39 is 0 Å². The first-order valence-corrected chi connectivity index (χ1v) is 10.8. The topological polar surface area (TPSA) is 54.1 Å². The fourth-order valence-electron chi connectivity index (χ4n) is 6.12. The van der Waals surface area contributed by atoms with E-state index in [-0.39, 0.29) is 23.4 Å². The molecule has 30 heavy (non-hydrogen) atoms. The number of ether oxygens (including phenoxy) is 2. The average molecular weight is 402 g/mol. The van der Waals surface area contributed by atoms with Crippen LogP contribution < -0.4 is 5.32 Å². The number of rotatable bonds is 4. The van der Waals surface area contributed by atoms with Crippen LogP contribution in [0.5, 0.6) is 0 Å². The lowest BCUT2D eigenvalue weighted by Gasteiger charge is -2.43. The van der Waals surface area contributed by atoms with E-state index in [1.807, 2.05) is 0 Å². The number of epoxide rings is 1. The molecular weight excluding hydrogens is 376 g/mol. The third-order valence-electron chi connectivity index (χ3n) is 7.48. The number of esters is 1. The summed E-state index contributed by atoms with van der Waals surface area (Å²) in [5.41, 5.74) is 5.45. The zero-order valence-corrected chi connectivity index (χ0v) is 17.1. The molecule has 5 nitrogen and oxygen atoms in total. The van der Waals surface area contributed by atoms with Gasteiger partial charge in [-0.25, -0.2) is 4.79 Å². The second-order valence-corrected chi connectivity index (χ2v) is 8.86. The van der Waals surface area contributed by atoms with Crippen molar-refractivity contribution in [2.45, 2.75) is 36.9 Å². The largest absolute Gasteiger partial charge is 0.466 e.